The molecule has 3 amide bonds. The van der Waals surface area contributed by atoms with Crippen LogP contribution in [0.4, 0.5) is 5.69 Å². The number of anilines is 1. The summed E-state index contributed by atoms with van der Waals surface area (Å²) in [6, 6.07) is 14.0. The Morgan fingerprint density at radius 1 is 1.10 bits per heavy atom. The summed E-state index contributed by atoms with van der Waals surface area (Å²) in [6.07, 6.45) is -0.202. The van der Waals surface area contributed by atoms with Crippen LogP contribution in [0.25, 0.3) is 0 Å². The van der Waals surface area contributed by atoms with E-state index in [9.17, 15) is 19.2 Å². The fraction of sp³-hybridized carbons (Fsp3) is 0.238. The minimum atomic E-state index is -0.916. The molecule has 2 aromatic rings. The molecular weight excluding hydrogens is 374 g/mol. The Morgan fingerprint density at radius 2 is 1.83 bits per heavy atom. The number of hydrogen-bond donors (Lipinski definition) is 2. The predicted molar refractivity (Wildman–Crippen MR) is 105 cm³/mol. The standard InChI is InChI=1S/C21H21N3O5/c1-29-21(28)15-8-5-9-16(12-15)23-18(25)13-17-19(26)22-10-11-24(17)20(27)14-6-3-2-4-7-14/h2-9,12,17H,10-11,13H2,1H3,(H,22,26)(H,23,25)/t17-/m0/s1. The van der Waals surface area contributed by atoms with Gasteiger partial charge in [-0.25, -0.2) is 4.79 Å². The Kier molecular flexibility index (Phi) is 6.23. The van der Waals surface area contributed by atoms with Crippen molar-refractivity contribution in [3.8, 4) is 0 Å². The van der Waals surface area contributed by atoms with Crippen LogP contribution in [0.1, 0.15) is 27.1 Å². The van der Waals surface area contributed by atoms with Gasteiger partial charge in [0.05, 0.1) is 19.1 Å². The molecule has 1 saturated heterocycles. The van der Waals surface area contributed by atoms with Crippen LogP contribution in [0.5, 0.6) is 0 Å². The summed E-state index contributed by atoms with van der Waals surface area (Å²) < 4.78 is 4.67. The van der Waals surface area contributed by atoms with Gasteiger partial charge in [0, 0.05) is 24.3 Å². The number of nitrogens with one attached hydrogen (secondary N) is 2. The maximum absolute atomic E-state index is 12.8. The van der Waals surface area contributed by atoms with Crippen molar-refractivity contribution in [1.82, 2.24) is 10.2 Å². The van der Waals surface area contributed by atoms with Gasteiger partial charge in [0.2, 0.25) is 11.8 Å². The number of carbonyl (C=O) groups is 4. The van der Waals surface area contributed by atoms with Crippen molar-refractivity contribution in [2.45, 2.75) is 12.5 Å². The van der Waals surface area contributed by atoms with E-state index in [1.165, 1.54) is 18.1 Å². The lowest BCUT2D eigenvalue weighted by Gasteiger charge is -2.34. The van der Waals surface area contributed by atoms with Gasteiger partial charge in [0.1, 0.15) is 6.04 Å². The summed E-state index contributed by atoms with van der Waals surface area (Å²) in [7, 11) is 1.27. The molecule has 0 spiro atoms. The lowest BCUT2D eigenvalue weighted by molar-refractivity contribution is -0.131. The number of piperazine rings is 1. The molecule has 2 aromatic carbocycles. The van der Waals surface area contributed by atoms with Crippen molar-refractivity contribution < 1.29 is 23.9 Å². The minimum Gasteiger partial charge on any atom is -0.465 e. The molecule has 1 atom stereocenters. The van der Waals surface area contributed by atoms with Gasteiger partial charge < -0.3 is 20.3 Å². The van der Waals surface area contributed by atoms with Crippen LogP contribution in [0.2, 0.25) is 0 Å². The fourth-order valence-electron chi connectivity index (χ4n) is 3.14. The Bertz CT molecular complexity index is 929. The summed E-state index contributed by atoms with van der Waals surface area (Å²) in [5.41, 5.74) is 1.15. The van der Waals surface area contributed by atoms with E-state index in [1.54, 1.807) is 48.5 Å². The Labute approximate surface area is 167 Å². The first kappa shape index (κ1) is 20.1. The zero-order valence-electron chi connectivity index (χ0n) is 15.9. The number of nitrogens with zero attached hydrogens (tertiary/aromatic N) is 1. The zero-order chi connectivity index (χ0) is 20.8. The van der Waals surface area contributed by atoms with E-state index in [4.69, 9.17) is 0 Å². The van der Waals surface area contributed by atoms with E-state index < -0.39 is 17.9 Å². The van der Waals surface area contributed by atoms with Crippen LogP contribution >= 0.6 is 0 Å². The van der Waals surface area contributed by atoms with Crippen molar-refractivity contribution >= 4 is 29.4 Å². The molecule has 0 radical (unpaired) electrons. The molecule has 1 aliphatic heterocycles. The summed E-state index contributed by atoms with van der Waals surface area (Å²) >= 11 is 0. The molecule has 2 N–H and O–H groups in total. The van der Waals surface area contributed by atoms with Crippen LogP contribution in [0, 0.1) is 0 Å². The minimum absolute atomic E-state index is 0.202. The van der Waals surface area contributed by atoms with Gasteiger partial charge in [0.15, 0.2) is 0 Å². The van der Waals surface area contributed by atoms with Crippen LogP contribution < -0.4 is 10.6 Å². The first-order valence-electron chi connectivity index (χ1n) is 9.11. The first-order valence-corrected chi connectivity index (χ1v) is 9.11. The van der Waals surface area contributed by atoms with Gasteiger partial charge in [-0.1, -0.05) is 24.3 Å². The predicted octanol–water partition coefficient (Wildman–Crippen LogP) is 1.44. The maximum Gasteiger partial charge on any atom is 0.337 e. The molecule has 1 aliphatic rings. The maximum atomic E-state index is 12.8. The second-order valence-corrected chi connectivity index (χ2v) is 6.50. The summed E-state index contributed by atoms with van der Waals surface area (Å²) in [5, 5.41) is 5.36. The Hall–Kier alpha value is -3.68. The molecule has 0 unspecified atom stereocenters. The van der Waals surface area contributed by atoms with Gasteiger partial charge in [-0.3, -0.25) is 14.4 Å². The first-order chi connectivity index (χ1) is 14.0. The topological polar surface area (TPSA) is 105 Å². The molecule has 0 saturated carbocycles. The molecule has 3 rings (SSSR count). The van der Waals surface area contributed by atoms with Gasteiger partial charge >= 0.3 is 5.97 Å². The SMILES string of the molecule is COC(=O)c1cccc(NC(=O)C[C@H]2C(=O)NCCN2C(=O)c2ccccc2)c1. The van der Waals surface area contributed by atoms with E-state index in [-0.39, 0.29) is 18.2 Å². The van der Waals surface area contributed by atoms with Gasteiger partial charge in [-0.15, -0.1) is 0 Å². The lowest BCUT2D eigenvalue weighted by Crippen LogP contribution is -2.58. The van der Waals surface area contributed by atoms with E-state index in [0.29, 0.717) is 29.9 Å². The largest absolute Gasteiger partial charge is 0.465 e. The molecular formula is C21H21N3O5. The number of rotatable bonds is 5. The van der Waals surface area contributed by atoms with Crippen LogP contribution in [0.15, 0.2) is 54.6 Å². The van der Waals surface area contributed by atoms with Gasteiger partial charge in [-0.05, 0) is 30.3 Å². The summed E-state index contributed by atoms with van der Waals surface area (Å²) in [4.78, 5) is 50.8. The molecule has 29 heavy (non-hydrogen) atoms. The third kappa shape index (κ3) is 4.78. The average Bonchev–Trinajstić information content (AvgIpc) is 2.75. The quantitative estimate of drug-likeness (QED) is 0.746. The highest BCUT2D eigenvalue weighted by molar-refractivity contribution is 6.01. The van der Waals surface area contributed by atoms with E-state index in [2.05, 4.69) is 15.4 Å². The highest BCUT2D eigenvalue weighted by Gasteiger charge is 2.35. The van der Waals surface area contributed by atoms with E-state index >= 15 is 0 Å². The van der Waals surface area contributed by atoms with Gasteiger partial charge in [0.25, 0.3) is 5.91 Å². The Balaban J connectivity index is 1.72. The second kappa shape index (κ2) is 9.01. The lowest BCUT2D eigenvalue weighted by atomic mass is 10.1. The van der Waals surface area contributed by atoms with Crippen molar-refractivity contribution in [2.75, 3.05) is 25.5 Å². The van der Waals surface area contributed by atoms with Crippen LogP contribution in [-0.4, -0.2) is 54.8 Å². The molecule has 1 heterocycles. The number of methoxy groups -OCH3 is 1. The Morgan fingerprint density at radius 3 is 2.55 bits per heavy atom. The third-order valence-corrected chi connectivity index (χ3v) is 4.56. The number of esters is 1. The number of hydrogen-bond acceptors (Lipinski definition) is 5. The van der Waals surface area contributed by atoms with E-state index in [1.807, 2.05) is 0 Å². The van der Waals surface area contributed by atoms with Crippen LogP contribution in [-0.2, 0) is 14.3 Å². The molecule has 0 aliphatic carbocycles. The average molecular weight is 395 g/mol. The number of amides is 3. The highest BCUT2D eigenvalue weighted by atomic mass is 16.5. The van der Waals surface area contributed by atoms with Crippen LogP contribution in [0.3, 0.4) is 0 Å². The summed E-state index contributed by atoms with van der Waals surface area (Å²) in [6.45, 7) is 0.645. The molecule has 8 heteroatoms. The highest BCUT2D eigenvalue weighted by Crippen LogP contribution is 2.16. The molecule has 1 fully saturated rings. The molecule has 0 aromatic heterocycles. The number of ether oxygens (including phenoxy) is 1. The van der Waals surface area contributed by atoms with Crippen molar-refractivity contribution in [2.24, 2.45) is 0 Å². The number of benzene rings is 2. The zero-order valence-corrected chi connectivity index (χ0v) is 15.9. The smallest absolute Gasteiger partial charge is 0.337 e. The fourth-order valence-corrected chi connectivity index (χ4v) is 3.14. The van der Waals surface area contributed by atoms with Crippen molar-refractivity contribution in [3.63, 3.8) is 0 Å². The summed E-state index contributed by atoms with van der Waals surface area (Å²) in [5.74, 6) is -1.64. The molecule has 0 bridgehead atoms. The molecule has 8 nitrogen and oxygen atoms in total. The van der Waals surface area contributed by atoms with E-state index in [0.717, 1.165) is 0 Å². The van der Waals surface area contributed by atoms with Gasteiger partial charge in [-0.2, -0.15) is 0 Å². The number of carbonyl (C=O) groups excluding carboxylic acids is 4. The second-order valence-electron chi connectivity index (χ2n) is 6.50. The normalized spacial score (nSPS) is 16.0. The third-order valence-electron chi connectivity index (χ3n) is 4.56. The van der Waals surface area contributed by atoms with Crippen molar-refractivity contribution in [1.29, 1.82) is 0 Å². The monoisotopic (exact) mass is 395 g/mol. The van der Waals surface area contributed by atoms with Crippen molar-refractivity contribution in [3.05, 3.63) is 65.7 Å². The molecule has 150 valence electrons.